The summed E-state index contributed by atoms with van der Waals surface area (Å²) < 4.78 is 5.61. The van der Waals surface area contributed by atoms with E-state index in [1.807, 2.05) is 73.0 Å². The molecule has 156 valence electrons. The van der Waals surface area contributed by atoms with Gasteiger partial charge in [0.1, 0.15) is 5.60 Å². The van der Waals surface area contributed by atoms with Crippen molar-refractivity contribution in [2.24, 2.45) is 0 Å². The van der Waals surface area contributed by atoms with Crippen LogP contribution in [-0.4, -0.2) is 53.1 Å². The van der Waals surface area contributed by atoms with E-state index in [9.17, 15) is 9.59 Å². The van der Waals surface area contributed by atoms with Gasteiger partial charge in [-0.25, -0.2) is 4.79 Å². The second-order valence-electron chi connectivity index (χ2n) is 8.75. The number of fused-ring (bicyclic) bond motifs is 1. The predicted octanol–water partition coefficient (Wildman–Crippen LogP) is 5.09. The number of carbonyl (C=O) groups is 2. The van der Waals surface area contributed by atoms with Crippen molar-refractivity contribution < 1.29 is 14.3 Å². The number of benzene rings is 2. The number of hydrogen-bond donors (Lipinski definition) is 0. The number of carbonyl (C=O) groups excluding carboxylic acids is 2. The maximum atomic E-state index is 13.3. The lowest BCUT2D eigenvalue weighted by Crippen LogP contribution is -2.57. The summed E-state index contributed by atoms with van der Waals surface area (Å²) in [5.74, 6) is 0.0344. The third-order valence-corrected chi connectivity index (χ3v) is 5.31. The van der Waals surface area contributed by atoms with Gasteiger partial charge < -0.3 is 14.5 Å². The molecule has 2 aromatic carbocycles. The Labute approximate surface area is 173 Å². The number of unbranched alkanes of at least 4 members (excludes halogenated alkanes) is 1. The summed E-state index contributed by atoms with van der Waals surface area (Å²) in [6.45, 7) is 9.34. The fourth-order valence-electron chi connectivity index (χ4n) is 3.87. The highest BCUT2D eigenvalue weighted by Crippen LogP contribution is 2.24. The minimum atomic E-state index is -0.525. The molecule has 3 rings (SSSR count). The fraction of sp³-hybridized carbons (Fsp3) is 0.500. The molecule has 1 fully saturated rings. The first-order valence-corrected chi connectivity index (χ1v) is 10.6. The molecule has 1 aliphatic rings. The fourth-order valence-corrected chi connectivity index (χ4v) is 3.87. The first-order chi connectivity index (χ1) is 13.8. The topological polar surface area (TPSA) is 49.9 Å². The molecule has 1 saturated heterocycles. The van der Waals surface area contributed by atoms with E-state index in [2.05, 4.69) is 6.92 Å². The summed E-state index contributed by atoms with van der Waals surface area (Å²) in [4.78, 5) is 29.7. The van der Waals surface area contributed by atoms with Crippen LogP contribution in [0.25, 0.3) is 10.8 Å². The number of rotatable bonds is 4. The molecule has 0 radical (unpaired) electrons. The first-order valence-electron chi connectivity index (χ1n) is 10.6. The molecule has 2 amide bonds. The maximum Gasteiger partial charge on any atom is 0.410 e. The molecular formula is C24H32N2O3. The van der Waals surface area contributed by atoms with Gasteiger partial charge in [-0.2, -0.15) is 0 Å². The van der Waals surface area contributed by atoms with Crippen LogP contribution in [-0.2, 0) is 4.74 Å². The van der Waals surface area contributed by atoms with Gasteiger partial charge in [-0.1, -0.05) is 56.2 Å². The van der Waals surface area contributed by atoms with Crippen LogP contribution in [0.2, 0.25) is 0 Å². The lowest BCUT2D eigenvalue weighted by Gasteiger charge is -2.42. The highest BCUT2D eigenvalue weighted by molar-refractivity contribution is 6.07. The van der Waals surface area contributed by atoms with Crippen LogP contribution in [0.5, 0.6) is 0 Å². The molecule has 0 unspecified atom stereocenters. The molecule has 0 N–H and O–H groups in total. The average Bonchev–Trinajstić information content (AvgIpc) is 2.69. The molecule has 1 heterocycles. The highest BCUT2D eigenvalue weighted by Gasteiger charge is 2.35. The van der Waals surface area contributed by atoms with E-state index in [4.69, 9.17) is 4.74 Å². The van der Waals surface area contributed by atoms with E-state index in [0.717, 1.165) is 35.6 Å². The van der Waals surface area contributed by atoms with E-state index in [-0.39, 0.29) is 18.0 Å². The zero-order valence-corrected chi connectivity index (χ0v) is 18.0. The van der Waals surface area contributed by atoms with Crippen molar-refractivity contribution in [3.63, 3.8) is 0 Å². The summed E-state index contributed by atoms with van der Waals surface area (Å²) in [7, 11) is 0. The van der Waals surface area contributed by atoms with E-state index in [0.29, 0.717) is 19.6 Å². The monoisotopic (exact) mass is 396 g/mol. The Morgan fingerprint density at radius 2 is 1.79 bits per heavy atom. The van der Waals surface area contributed by atoms with Crippen molar-refractivity contribution in [2.75, 3.05) is 19.6 Å². The molecule has 2 aromatic rings. The summed E-state index contributed by atoms with van der Waals surface area (Å²) in [6.07, 6.45) is 2.65. The predicted molar refractivity (Wildman–Crippen MR) is 116 cm³/mol. The SMILES string of the molecule is CCCC[C@H]1CN(C(=O)c2cccc3ccccc23)CCN1C(=O)OC(C)(C)C. The van der Waals surface area contributed by atoms with Gasteiger partial charge in [0.2, 0.25) is 0 Å². The minimum absolute atomic E-state index is 0.0162. The first kappa shape index (κ1) is 21.2. The van der Waals surface area contributed by atoms with Crippen LogP contribution in [0, 0.1) is 0 Å². The lowest BCUT2D eigenvalue weighted by atomic mass is 10.0. The third-order valence-electron chi connectivity index (χ3n) is 5.31. The summed E-state index contributed by atoms with van der Waals surface area (Å²) in [5, 5.41) is 2.04. The van der Waals surface area contributed by atoms with Crippen LogP contribution in [0.15, 0.2) is 42.5 Å². The van der Waals surface area contributed by atoms with Crippen molar-refractivity contribution in [2.45, 2.75) is 58.6 Å². The molecule has 1 aliphatic heterocycles. The van der Waals surface area contributed by atoms with Crippen LogP contribution in [0.3, 0.4) is 0 Å². The number of amides is 2. The lowest BCUT2D eigenvalue weighted by molar-refractivity contribution is -0.00214. The number of piperazine rings is 1. The molecule has 0 aliphatic carbocycles. The molecule has 0 bridgehead atoms. The van der Waals surface area contributed by atoms with E-state index >= 15 is 0 Å². The normalized spacial score (nSPS) is 17.4. The van der Waals surface area contributed by atoms with Gasteiger partial charge in [0.25, 0.3) is 5.91 Å². The van der Waals surface area contributed by atoms with Crippen molar-refractivity contribution in [1.29, 1.82) is 0 Å². The van der Waals surface area contributed by atoms with Crippen LogP contribution >= 0.6 is 0 Å². The Bertz CT molecular complexity index is 867. The Kier molecular flexibility index (Phi) is 6.46. The second kappa shape index (κ2) is 8.85. The van der Waals surface area contributed by atoms with Gasteiger partial charge in [-0.05, 0) is 44.0 Å². The largest absolute Gasteiger partial charge is 0.444 e. The number of nitrogens with zero attached hydrogens (tertiary/aromatic N) is 2. The maximum absolute atomic E-state index is 13.3. The Morgan fingerprint density at radius 1 is 1.07 bits per heavy atom. The third kappa shape index (κ3) is 5.08. The molecule has 5 nitrogen and oxygen atoms in total. The van der Waals surface area contributed by atoms with Gasteiger partial charge in [0.05, 0.1) is 6.04 Å². The van der Waals surface area contributed by atoms with Crippen molar-refractivity contribution >= 4 is 22.8 Å². The standard InChI is InChI=1S/C24H32N2O3/c1-5-6-12-19-17-25(15-16-26(19)23(28)29-24(2,3)4)22(27)21-14-9-11-18-10-7-8-13-20(18)21/h7-11,13-14,19H,5-6,12,15-17H2,1-4H3/t19-/m0/s1. The van der Waals surface area contributed by atoms with Crippen molar-refractivity contribution in [1.82, 2.24) is 9.80 Å². The molecule has 1 atom stereocenters. The van der Waals surface area contributed by atoms with Crippen molar-refractivity contribution in [3.8, 4) is 0 Å². The molecule has 0 saturated carbocycles. The summed E-state index contributed by atoms with van der Waals surface area (Å²) >= 11 is 0. The molecule has 5 heteroatoms. The average molecular weight is 397 g/mol. The quantitative estimate of drug-likeness (QED) is 0.723. The van der Waals surface area contributed by atoms with E-state index in [1.165, 1.54) is 0 Å². The summed E-state index contributed by atoms with van der Waals surface area (Å²) in [5.41, 5.74) is 0.200. The Hall–Kier alpha value is -2.56. The molecule has 0 aromatic heterocycles. The number of hydrogen-bond acceptors (Lipinski definition) is 3. The smallest absolute Gasteiger partial charge is 0.410 e. The van der Waals surface area contributed by atoms with Crippen molar-refractivity contribution in [3.05, 3.63) is 48.0 Å². The minimum Gasteiger partial charge on any atom is -0.444 e. The van der Waals surface area contributed by atoms with Gasteiger partial charge in [0, 0.05) is 25.2 Å². The van der Waals surface area contributed by atoms with Gasteiger partial charge in [0.15, 0.2) is 0 Å². The molecule has 0 spiro atoms. The van der Waals surface area contributed by atoms with E-state index in [1.54, 1.807) is 0 Å². The Morgan fingerprint density at radius 3 is 2.52 bits per heavy atom. The number of ether oxygens (including phenoxy) is 1. The molecule has 29 heavy (non-hydrogen) atoms. The highest BCUT2D eigenvalue weighted by atomic mass is 16.6. The Balaban J connectivity index is 1.79. The van der Waals surface area contributed by atoms with Crippen LogP contribution in [0.1, 0.15) is 57.3 Å². The zero-order valence-electron chi connectivity index (χ0n) is 18.0. The van der Waals surface area contributed by atoms with Gasteiger partial charge in [-0.15, -0.1) is 0 Å². The second-order valence-corrected chi connectivity index (χ2v) is 8.75. The van der Waals surface area contributed by atoms with Crippen LogP contribution in [0.4, 0.5) is 4.79 Å². The zero-order chi connectivity index (χ0) is 21.0. The van der Waals surface area contributed by atoms with Crippen LogP contribution < -0.4 is 0 Å². The molecular weight excluding hydrogens is 364 g/mol. The van der Waals surface area contributed by atoms with Gasteiger partial charge >= 0.3 is 6.09 Å². The summed E-state index contributed by atoms with van der Waals surface area (Å²) in [6, 6.07) is 13.8. The van der Waals surface area contributed by atoms with Gasteiger partial charge in [-0.3, -0.25) is 4.79 Å². The van der Waals surface area contributed by atoms with E-state index < -0.39 is 5.60 Å².